The normalized spacial score (nSPS) is 23.6. The molecule has 2 aliphatic carbocycles. The van der Waals surface area contributed by atoms with Crippen LogP contribution in [0, 0.1) is 0 Å². The first-order chi connectivity index (χ1) is 27.5. The lowest BCUT2D eigenvalue weighted by molar-refractivity contribution is -0.249. The number of hydrogen-bond donors (Lipinski definition) is 8. The first-order valence-electron chi connectivity index (χ1n) is 18.9. The van der Waals surface area contributed by atoms with E-state index in [0.29, 0.717) is 6.42 Å². The largest absolute Gasteiger partial charge is 0.507 e. The van der Waals surface area contributed by atoms with Crippen LogP contribution in [0.2, 0.25) is 0 Å². The molecule has 0 saturated carbocycles. The molecule has 8 N–H and O–H groups in total. The Morgan fingerprint density at radius 3 is 2.29 bits per heavy atom. The highest BCUT2D eigenvalue weighted by Gasteiger charge is 2.50. The number of phenols is 2. The quantitative estimate of drug-likeness (QED) is 0.0401. The number of carbonyl (C=O) groups is 6. The van der Waals surface area contributed by atoms with Crippen molar-refractivity contribution < 1.29 is 72.9 Å². The topological polar surface area (TPSA) is 278 Å². The van der Waals surface area contributed by atoms with Gasteiger partial charge >= 0.3 is 11.9 Å². The number of phenolic OH excluding ortho intramolecular Hbond substituents is 2. The molecule has 58 heavy (non-hydrogen) atoms. The van der Waals surface area contributed by atoms with Crippen LogP contribution in [0.15, 0.2) is 18.2 Å². The van der Waals surface area contributed by atoms with E-state index in [2.05, 4.69) is 21.3 Å². The van der Waals surface area contributed by atoms with E-state index in [1.54, 1.807) is 14.0 Å². The highest BCUT2D eigenvalue weighted by Crippen LogP contribution is 2.52. The van der Waals surface area contributed by atoms with Crippen LogP contribution in [0.5, 0.6) is 17.2 Å². The third kappa shape index (κ3) is 9.40. The van der Waals surface area contributed by atoms with Gasteiger partial charge < -0.3 is 65.4 Å². The molecule has 1 saturated heterocycles. The van der Waals surface area contributed by atoms with E-state index in [4.69, 9.17) is 23.7 Å². The third-order valence-electron chi connectivity index (χ3n) is 10.2. The molecular formula is C39H50N4O15. The zero-order valence-electron chi connectivity index (χ0n) is 32.8. The minimum atomic E-state index is -2.31. The van der Waals surface area contributed by atoms with E-state index in [0.717, 1.165) is 0 Å². The Bertz CT molecular complexity index is 1920. The number of rotatable bonds is 16. The van der Waals surface area contributed by atoms with Crippen LogP contribution in [-0.4, -0.2) is 133 Å². The summed E-state index contributed by atoms with van der Waals surface area (Å²) in [4.78, 5) is 76.4. The highest BCUT2D eigenvalue weighted by molar-refractivity contribution is 6.31. The fourth-order valence-electron chi connectivity index (χ4n) is 7.57. The van der Waals surface area contributed by atoms with Crippen molar-refractivity contribution in [2.45, 2.75) is 95.4 Å². The average Bonchev–Trinajstić information content (AvgIpc) is 3.16. The van der Waals surface area contributed by atoms with E-state index >= 15 is 0 Å². The SMILES string of the molecule is CNCC(=O)NCCNC(=O)[C@]1(O)Cc2c(O)c3c(c(O)c2[C@@H](OC2CC(NCCCC(OC(C)=O)OC(C)=O)C(O)C(C)O2)C1)C(=O)c1c(OC)cccc1C3=O. The van der Waals surface area contributed by atoms with Crippen molar-refractivity contribution in [2.24, 2.45) is 0 Å². The first kappa shape index (κ1) is 43.9. The summed E-state index contributed by atoms with van der Waals surface area (Å²) in [5, 5.41) is 57.8. The summed E-state index contributed by atoms with van der Waals surface area (Å²) >= 11 is 0. The maximum absolute atomic E-state index is 14.1. The minimum Gasteiger partial charge on any atom is -0.507 e. The van der Waals surface area contributed by atoms with Crippen LogP contribution in [0.1, 0.15) is 95.5 Å². The number of ketones is 2. The minimum absolute atomic E-state index is 0.00865. The van der Waals surface area contributed by atoms with Gasteiger partial charge in [-0.3, -0.25) is 28.8 Å². The van der Waals surface area contributed by atoms with E-state index in [1.165, 1.54) is 39.2 Å². The Balaban J connectivity index is 1.44. The number of methoxy groups -OCH3 is 1. The third-order valence-corrected chi connectivity index (χ3v) is 10.2. The summed E-state index contributed by atoms with van der Waals surface area (Å²) in [6, 6.07) is 3.68. The summed E-state index contributed by atoms with van der Waals surface area (Å²) in [6.07, 6.45) is -6.19. The van der Waals surface area contributed by atoms with Crippen molar-refractivity contribution in [1.29, 1.82) is 0 Å². The number of hydrogen-bond acceptors (Lipinski definition) is 17. The standard InChI is InChI=1S/C39H50N4O15/c1-18-33(47)23(41-11-7-10-27(56-19(2)44)57-20(3)45)14-28(55-18)58-25-16-39(53,38(52)43-13-12-42-26(46)17-40-4)15-22-30(25)37(51)32-31(35(22)49)34(48)21-8-6-9-24(54-5)29(21)36(32)50/h6,8-9,18,23,25,27-28,33,40-41,47,49,51,53H,7,10-17H2,1-5H3,(H,42,46)(H,43,52)/t18?,23?,25-,28?,33?,39-/m0/s1. The van der Waals surface area contributed by atoms with Gasteiger partial charge in [-0.15, -0.1) is 0 Å². The fraction of sp³-hybridized carbons (Fsp3) is 0.538. The van der Waals surface area contributed by atoms with Gasteiger partial charge in [0.25, 0.3) is 5.91 Å². The summed E-state index contributed by atoms with van der Waals surface area (Å²) in [6.45, 7) is 4.21. The number of amides is 2. The van der Waals surface area contributed by atoms with E-state index in [1.807, 2.05) is 0 Å². The van der Waals surface area contributed by atoms with Gasteiger partial charge in [-0.2, -0.15) is 0 Å². The maximum atomic E-state index is 14.1. The molecule has 1 aliphatic heterocycles. The molecule has 5 rings (SSSR count). The molecule has 0 bridgehead atoms. The molecule has 0 radical (unpaired) electrons. The molecule has 6 atom stereocenters. The van der Waals surface area contributed by atoms with Gasteiger partial charge in [0, 0.05) is 75.4 Å². The summed E-state index contributed by atoms with van der Waals surface area (Å²) in [7, 11) is 2.91. The van der Waals surface area contributed by atoms with Crippen molar-refractivity contribution in [3.63, 3.8) is 0 Å². The van der Waals surface area contributed by atoms with Gasteiger partial charge in [-0.25, -0.2) is 0 Å². The predicted octanol–water partition coefficient (Wildman–Crippen LogP) is -0.245. The fourth-order valence-corrected chi connectivity index (χ4v) is 7.57. The molecule has 4 unspecified atom stereocenters. The van der Waals surface area contributed by atoms with Gasteiger partial charge in [0.05, 0.1) is 48.7 Å². The van der Waals surface area contributed by atoms with Crippen molar-refractivity contribution >= 4 is 35.3 Å². The van der Waals surface area contributed by atoms with E-state index < -0.39 is 107 Å². The van der Waals surface area contributed by atoms with Gasteiger partial charge in [-0.1, -0.05) is 12.1 Å². The second-order valence-electron chi connectivity index (χ2n) is 14.4. The van der Waals surface area contributed by atoms with Gasteiger partial charge in [0.1, 0.15) is 22.8 Å². The average molecular weight is 815 g/mol. The number of likely N-dealkylation sites (N-methyl/N-ethyl adjacent to an activating group) is 1. The Morgan fingerprint density at radius 2 is 1.64 bits per heavy atom. The molecule has 2 amide bonds. The second kappa shape index (κ2) is 18.6. The molecule has 1 heterocycles. The number of aliphatic hydroxyl groups excluding tert-OH is 1. The Morgan fingerprint density at radius 1 is 0.966 bits per heavy atom. The summed E-state index contributed by atoms with van der Waals surface area (Å²) in [5.74, 6) is -5.47. The molecular weight excluding hydrogens is 764 g/mol. The monoisotopic (exact) mass is 814 g/mol. The van der Waals surface area contributed by atoms with Crippen LogP contribution in [-0.2, 0) is 44.5 Å². The first-order valence-corrected chi connectivity index (χ1v) is 18.9. The summed E-state index contributed by atoms with van der Waals surface area (Å²) in [5.41, 5.74) is -3.91. The molecule has 0 spiro atoms. The molecule has 19 nitrogen and oxygen atoms in total. The number of aromatic hydroxyl groups is 2. The van der Waals surface area contributed by atoms with Gasteiger partial charge in [-0.05, 0) is 33.0 Å². The molecule has 1 fully saturated rings. The molecule has 19 heteroatoms. The highest BCUT2D eigenvalue weighted by atomic mass is 16.7. The van der Waals surface area contributed by atoms with Crippen molar-refractivity contribution in [2.75, 3.05) is 40.3 Å². The van der Waals surface area contributed by atoms with Crippen LogP contribution in [0.4, 0.5) is 0 Å². The predicted molar refractivity (Wildman–Crippen MR) is 200 cm³/mol. The second-order valence-corrected chi connectivity index (χ2v) is 14.4. The number of esters is 2. The van der Waals surface area contributed by atoms with Crippen molar-refractivity contribution in [1.82, 2.24) is 21.3 Å². The Hall–Kier alpha value is -5.18. The number of fused-ring (bicyclic) bond motifs is 3. The molecule has 316 valence electrons. The lowest BCUT2D eigenvalue weighted by atomic mass is 9.72. The van der Waals surface area contributed by atoms with E-state index in [-0.39, 0.29) is 72.9 Å². The number of carbonyl (C=O) groups excluding carboxylic acids is 6. The van der Waals surface area contributed by atoms with E-state index in [9.17, 15) is 49.2 Å². The number of aliphatic hydroxyl groups is 2. The molecule has 2 aromatic rings. The van der Waals surface area contributed by atoms with Gasteiger partial charge in [0.2, 0.25) is 18.0 Å². The maximum Gasteiger partial charge on any atom is 0.305 e. The smallest absolute Gasteiger partial charge is 0.305 e. The number of nitrogens with one attached hydrogen (secondary N) is 4. The number of benzene rings is 2. The Kier molecular flexibility index (Phi) is 14.1. The van der Waals surface area contributed by atoms with Crippen LogP contribution < -0.4 is 26.0 Å². The molecule has 0 aromatic heterocycles. The Labute approximate surface area is 333 Å². The number of ether oxygens (including phenoxy) is 5. The van der Waals surface area contributed by atoms with Crippen LogP contribution in [0.3, 0.4) is 0 Å². The zero-order chi connectivity index (χ0) is 42.5. The summed E-state index contributed by atoms with van der Waals surface area (Å²) < 4.78 is 27.8. The van der Waals surface area contributed by atoms with Crippen molar-refractivity contribution in [3.05, 3.63) is 51.6 Å². The van der Waals surface area contributed by atoms with Crippen molar-refractivity contribution in [3.8, 4) is 17.2 Å². The zero-order valence-corrected chi connectivity index (χ0v) is 32.8. The lowest BCUT2D eigenvalue weighted by Crippen LogP contribution is -2.55. The lowest BCUT2D eigenvalue weighted by Gasteiger charge is -2.43. The van der Waals surface area contributed by atoms with Crippen LogP contribution >= 0.6 is 0 Å². The van der Waals surface area contributed by atoms with Crippen LogP contribution in [0.25, 0.3) is 0 Å². The molecule has 3 aliphatic rings. The van der Waals surface area contributed by atoms with Gasteiger partial charge in [0.15, 0.2) is 12.1 Å². The molecule has 2 aromatic carbocycles.